The number of benzene rings is 1. The molecule has 1 saturated heterocycles. The largest absolute Gasteiger partial charge is 0.357 e. The van der Waals surface area contributed by atoms with Gasteiger partial charge in [0.15, 0.2) is 5.96 Å². The molecule has 0 atom stereocenters. The van der Waals surface area contributed by atoms with Crippen molar-refractivity contribution in [3.63, 3.8) is 0 Å². The molecule has 0 bridgehead atoms. The minimum absolute atomic E-state index is 0.0482. The maximum absolute atomic E-state index is 11.7. The SMILES string of the molecule is CCNC(=NCCc1cccc(C(=O)NC)c1)N1CCC(C)(C)C1. The molecule has 1 aromatic carbocycles. The van der Waals surface area contributed by atoms with E-state index in [1.54, 1.807) is 7.05 Å². The number of hydrogen-bond donors (Lipinski definition) is 2. The predicted octanol–water partition coefficient (Wildman–Crippen LogP) is 2.29. The van der Waals surface area contributed by atoms with E-state index in [2.05, 4.69) is 36.3 Å². The lowest BCUT2D eigenvalue weighted by atomic mass is 9.93. The van der Waals surface area contributed by atoms with Crippen molar-refractivity contribution in [2.45, 2.75) is 33.6 Å². The maximum Gasteiger partial charge on any atom is 0.251 e. The van der Waals surface area contributed by atoms with E-state index in [1.165, 1.54) is 6.42 Å². The van der Waals surface area contributed by atoms with Crippen LogP contribution in [0.4, 0.5) is 0 Å². The number of carbonyl (C=O) groups is 1. The molecule has 0 aliphatic carbocycles. The smallest absolute Gasteiger partial charge is 0.251 e. The molecule has 5 heteroatoms. The predicted molar refractivity (Wildman–Crippen MR) is 99.5 cm³/mol. The van der Waals surface area contributed by atoms with Crippen LogP contribution >= 0.6 is 0 Å². The summed E-state index contributed by atoms with van der Waals surface area (Å²) < 4.78 is 0. The topological polar surface area (TPSA) is 56.7 Å². The number of carbonyl (C=O) groups excluding carboxylic acids is 1. The highest BCUT2D eigenvalue weighted by atomic mass is 16.1. The number of nitrogens with one attached hydrogen (secondary N) is 2. The Balaban J connectivity index is 1.98. The fourth-order valence-corrected chi connectivity index (χ4v) is 3.02. The zero-order valence-corrected chi connectivity index (χ0v) is 15.4. The molecule has 2 rings (SSSR count). The van der Waals surface area contributed by atoms with Gasteiger partial charge in [0.05, 0.1) is 0 Å². The van der Waals surface area contributed by atoms with Crippen molar-refractivity contribution >= 4 is 11.9 Å². The summed E-state index contributed by atoms with van der Waals surface area (Å²) in [5, 5.41) is 6.06. The van der Waals surface area contributed by atoms with Gasteiger partial charge in [-0.15, -0.1) is 0 Å². The van der Waals surface area contributed by atoms with E-state index < -0.39 is 0 Å². The molecule has 0 spiro atoms. The van der Waals surface area contributed by atoms with E-state index in [-0.39, 0.29) is 5.91 Å². The average Bonchev–Trinajstić information content (AvgIpc) is 2.93. The summed E-state index contributed by atoms with van der Waals surface area (Å²) in [5.74, 6) is 0.957. The Morgan fingerprint density at radius 3 is 2.79 bits per heavy atom. The third-order valence-corrected chi connectivity index (χ3v) is 4.39. The highest BCUT2D eigenvalue weighted by Gasteiger charge is 2.30. The lowest BCUT2D eigenvalue weighted by molar-refractivity contribution is 0.0963. The van der Waals surface area contributed by atoms with E-state index >= 15 is 0 Å². The number of aliphatic imine (C=N–C) groups is 1. The summed E-state index contributed by atoms with van der Waals surface area (Å²) in [5.41, 5.74) is 2.20. The molecule has 1 aliphatic rings. The second kappa shape index (κ2) is 8.18. The first-order valence-electron chi connectivity index (χ1n) is 8.79. The molecule has 132 valence electrons. The van der Waals surface area contributed by atoms with Crippen LogP contribution in [0.1, 0.15) is 43.1 Å². The van der Waals surface area contributed by atoms with Crippen molar-refractivity contribution in [1.82, 2.24) is 15.5 Å². The number of likely N-dealkylation sites (tertiary alicyclic amines) is 1. The standard InChI is InChI=1S/C19H30N4O/c1-5-21-18(23-12-10-19(2,3)14-23)22-11-9-15-7-6-8-16(13-15)17(24)20-4/h6-8,13H,5,9-12,14H2,1-4H3,(H,20,24)(H,21,22). The Morgan fingerprint density at radius 1 is 1.38 bits per heavy atom. The van der Waals surface area contributed by atoms with E-state index in [1.807, 2.05) is 24.3 Å². The number of nitrogens with zero attached hydrogens (tertiary/aromatic N) is 2. The normalized spacial score (nSPS) is 17.0. The molecule has 1 aromatic rings. The van der Waals surface area contributed by atoms with Crippen LogP contribution in [0.5, 0.6) is 0 Å². The van der Waals surface area contributed by atoms with Crippen LogP contribution in [0.15, 0.2) is 29.3 Å². The first-order valence-corrected chi connectivity index (χ1v) is 8.79. The maximum atomic E-state index is 11.7. The molecule has 24 heavy (non-hydrogen) atoms. The molecule has 1 amide bonds. The molecular formula is C19H30N4O. The van der Waals surface area contributed by atoms with Crippen molar-refractivity contribution in [3.05, 3.63) is 35.4 Å². The quantitative estimate of drug-likeness (QED) is 0.643. The Bertz CT molecular complexity index is 595. The summed E-state index contributed by atoms with van der Waals surface area (Å²) >= 11 is 0. The van der Waals surface area contributed by atoms with Crippen LogP contribution in [0.3, 0.4) is 0 Å². The van der Waals surface area contributed by atoms with E-state index in [4.69, 9.17) is 4.99 Å². The number of hydrogen-bond acceptors (Lipinski definition) is 2. The van der Waals surface area contributed by atoms with Crippen molar-refractivity contribution < 1.29 is 4.79 Å². The van der Waals surface area contributed by atoms with Crippen molar-refractivity contribution in [1.29, 1.82) is 0 Å². The first-order chi connectivity index (χ1) is 11.4. The molecule has 5 nitrogen and oxygen atoms in total. The lowest BCUT2D eigenvalue weighted by Crippen LogP contribution is -2.40. The summed E-state index contributed by atoms with van der Waals surface area (Å²) in [6, 6.07) is 7.76. The van der Waals surface area contributed by atoms with Gasteiger partial charge >= 0.3 is 0 Å². The van der Waals surface area contributed by atoms with Crippen LogP contribution < -0.4 is 10.6 Å². The van der Waals surface area contributed by atoms with Gasteiger partial charge in [-0.1, -0.05) is 26.0 Å². The van der Waals surface area contributed by atoms with E-state index in [0.717, 1.165) is 44.1 Å². The van der Waals surface area contributed by atoms with Gasteiger partial charge in [-0.05, 0) is 42.9 Å². The molecule has 0 saturated carbocycles. The zero-order chi connectivity index (χ0) is 17.6. The Hall–Kier alpha value is -2.04. The highest BCUT2D eigenvalue weighted by Crippen LogP contribution is 2.28. The van der Waals surface area contributed by atoms with Gasteiger partial charge in [0.2, 0.25) is 0 Å². The number of amides is 1. The lowest BCUT2D eigenvalue weighted by Gasteiger charge is -2.23. The monoisotopic (exact) mass is 330 g/mol. The Labute approximate surface area is 145 Å². The van der Waals surface area contributed by atoms with Gasteiger partial charge in [0.25, 0.3) is 5.91 Å². The minimum atomic E-state index is -0.0482. The molecule has 1 heterocycles. The first kappa shape index (κ1) is 18.3. The Morgan fingerprint density at radius 2 is 2.17 bits per heavy atom. The van der Waals surface area contributed by atoms with Crippen LogP contribution in [0.2, 0.25) is 0 Å². The number of rotatable bonds is 5. The fourth-order valence-electron chi connectivity index (χ4n) is 3.02. The second-order valence-electron chi connectivity index (χ2n) is 7.10. The molecule has 0 unspecified atom stereocenters. The van der Waals surface area contributed by atoms with Crippen molar-refractivity contribution in [2.75, 3.05) is 33.2 Å². The summed E-state index contributed by atoms with van der Waals surface area (Å²) in [4.78, 5) is 18.8. The molecule has 2 N–H and O–H groups in total. The highest BCUT2D eigenvalue weighted by molar-refractivity contribution is 5.94. The summed E-state index contributed by atoms with van der Waals surface area (Å²) in [6.45, 7) is 10.4. The fraction of sp³-hybridized carbons (Fsp3) is 0.579. The second-order valence-corrected chi connectivity index (χ2v) is 7.10. The van der Waals surface area contributed by atoms with Gasteiger partial charge < -0.3 is 15.5 Å². The molecule has 1 aliphatic heterocycles. The van der Waals surface area contributed by atoms with E-state index in [9.17, 15) is 4.79 Å². The molecule has 0 aromatic heterocycles. The Kier molecular flexibility index (Phi) is 6.23. The number of guanidine groups is 1. The molecule has 0 radical (unpaired) electrons. The van der Waals surface area contributed by atoms with Gasteiger partial charge in [-0.3, -0.25) is 9.79 Å². The van der Waals surface area contributed by atoms with Gasteiger partial charge in [0, 0.05) is 38.8 Å². The van der Waals surface area contributed by atoms with Crippen molar-refractivity contribution in [2.24, 2.45) is 10.4 Å². The summed E-state index contributed by atoms with van der Waals surface area (Å²) in [7, 11) is 1.65. The molecular weight excluding hydrogens is 300 g/mol. The summed E-state index contributed by atoms with van der Waals surface area (Å²) in [6.07, 6.45) is 2.03. The zero-order valence-electron chi connectivity index (χ0n) is 15.4. The van der Waals surface area contributed by atoms with Crippen LogP contribution in [0.25, 0.3) is 0 Å². The van der Waals surface area contributed by atoms with Crippen LogP contribution in [0, 0.1) is 5.41 Å². The van der Waals surface area contributed by atoms with Gasteiger partial charge in [0.1, 0.15) is 0 Å². The third-order valence-electron chi connectivity index (χ3n) is 4.39. The average molecular weight is 330 g/mol. The van der Waals surface area contributed by atoms with Crippen LogP contribution in [-0.2, 0) is 6.42 Å². The van der Waals surface area contributed by atoms with Crippen molar-refractivity contribution in [3.8, 4) is 0 Å². The van der Waals surface area contributed by atoms with Gasteiger partial charge in [-0.2, -0.15) is 0 Å². The molecule has 1 fully saturated rings. The van der Waals surface area contributed by atoms with E-state index in [0.29, 0.717) is 11.0 Å². The minimum Gasteiger partial charge on any atom is -0.357 e. The van der Waals surface area contributed by atoms with Gasteiger partial charge in [-0.25, -0.2) is 0 Å². The van der Waals surface area contributed by atoms with Crippen LogP contribution in [-0.4, -0.2) is 50.0 Å². The third kappa shape index (κ3) is 4.98.